The molecule has 4 nitrogen and oxygen atoms in total. The van der Waals surface area contributed by atoms with Gasteiger partial charge in [-0.15, -0.1) is 0 Å². The number of carbonyl (C=O) groups is 1. The molecule has 1 aromatic carbocycles. The lowest BCUT2D eigenvalue weighted by molar-refractivity contribution is -0.120. The average molecular weight is 346 g/mol. The van der Waals surface area contributed by atoms with Crippen molar-refractivity contribution >= 4 is 34.1 Å². The molecule has 2 rings (SSSR count). The summed E-state index contributed by atoms with van der Waals surface area (Å²) in [5.41, 5.74) is 4.52. The van der Waals surface area contributed by atoms with Gasteiger partial charge in [-0.2, -0.15) is 5.10 Å². The smallest absolute Gasteiger partial charge is 0.245 e. The van der Waals surface area contributed by atoms with E-state index in [9.17, 15) is 4.79 Å². The number of hydrazone groups is 1. The Morgan fingerprint density at radius 3 is 2.71 bits per heavy atom. The van der Waals surface area contributed by atoms with E-state index in [1.165, 1.54) is 0 Å². The first kappa shape index (κ1) is 15.3. The molecule has 0 saturated carbocycles. The number of carbonyl (C=O) groups excluding carboxylic acids is 1. The van der Waals surface area contributed by atoms with E-state index in [1.54, 1.807) is 6.21 Å². The standard InChI is InChI=1S/C16H16BrN3O/c1-20-9-5-8-15(20)11-16(21)19-18-12-14(17)10-13-6-3-2-4-7-13/h2-10,12H,11H2,1H3,(H,19,21)/b14-10-,18-12-. The van der Waals surface area contributed by atoms with Crippen LogP contribution in [0.25, 0.3) is 6.08 Å². The minimum atomic E-state index is -0.145. The highest BCUT2D eigenvalue weighted by molar-refractivity contribution is 9.12. The van der Waals surface area contributed by atoms with Crippen molar-refractivity contribution in [2.24, 2.45) is 12.1 Å². The van der Waals surface area contributed by atoms with Crippen molar-refractivity contribution in [1.29, 1.82) is 0 Å². The highest BCUT2D eigenvalue weighted by Crippen LogP contribution is 2.09. The number of nitrogens with one attached hydrogen (secondary N) is 1. The summed E-state index contributed by atoms with van der Waals surface area (Å²) in [5.74, 6) is -0.145. The van der Waals surface area contributed by atoms with E-state index < -0.39 is 0 Å². The number of hydrogen-bond donors (Lipinski definition) is 1. The van der Waals surface area contributed by atoms with Gasteiger partial charge in [0.25, 0.3) is 0 Å². The highest BCUT2D eigenvalue weighted by atomic mass is 79.9. The van der Waals surface area contributed by atoms with Crippen LogP contribution in [-0.4, -0.2) is 16.7 Å². The maximum Gasteiger partial charge on any atom is 0.245 e. The molecule has 1 amide bonds. The van der Waals surface area contributed by atoms with Gasteiger partial charge >= 0.3 is 0 Å². The predicted molar refractivity (Wildman–Crippen MR) is 89.1 cm³/mol. The van der Waals surface area contributed by atoms with Crippen molar-refractivity contribution in [2.75, 3.05) is 0 Å². The first-order valence-electron chi connectivity index (χ1n) is 6.49. The third-order valence-electron chi connectivity index (χ3n) is 2.87. The third kappa shape index (κ3) is 5.04. The lowest BCUT2D eigenvalue weighted by Gasteiger charge is -2.01. The van der Waals surface area contributed by atoms with Gasteiger partial charge in [0.2, 0.25) is 5.91 Å². The summed E-state index contributed by atoms with van der Waals surface area (Å²) in [7, 11) is 1.91. The van der Waals surface area contributed by atoms with Gasteiger partial charge in [0, 0.05) is 23.4 Å². The Bertz CT molecular complexity index is 659. The van der Waals surface area contributed by atoms with Crippen LogP contribution in [-0.2, 0) is 18.3 Å². The van der Waals surface area contributed by atoms with E-state index in [-0.39, 0.29) is 5.91 Å². The molecule has 0 aliphatic rings. The molecular formula is C16H16BrN3O. The van der Waals surface area contributed by atoms with Crippen LogP contribution in [0.15, 0.2) is 58.2 Å². The third-order valence-corrected chi connectivity index (χ3v) is 3.31. The van der Waals surface area contributed by atoms with Crippen molar-refractivity contribution < 1.29 is 4.79 Å². The monoisotopic (exact) mass is 345 g/mol. The zero-order valence-corrected chi connectivity index (χ0v) is 13.2. The van der Waals surface area contributed by atoms with Gasteiger partial charge in [0.15, 0.2) is 0 Å². The van der Waals surface area contributed by atoms with Crippen LogP contribution in [0.2, 0.25) is 0 Å². The zero-order valence-electron chi connectivity index (χ0n) is 11.7. The molecule has 0 radical (unpaired) electrons. The largest absolute Gasteiger partial charge is 0.354 e. The first-order valence-corrected chi connectivity index (χ1v) is 7.29. The number of halogens is 1. The molecule has 0 unspecified atom stereocenters. The molecule has 1 heterocycles. The van der Waals surface area contributed by atoms with E-state index in [2.05, 4.69) is 26.5 Å². The summed E-state index contributed by atoms with van der Waals surface area (Å²) in [6, 6.07) is 13.7. The second kappa shape index (κ2) is 7.59. The molecule has 0 atom stereocenters. The number of benzene rings is 1. The quantitative estimate of drug-likeness (QED) is 0.656. The van der Waals surface area contributed by atoms with Gasteiger partial charge in [0.05, 0.1) is 12.6 Å². The Morgan fingerprint density at radius 1 is 1.29 bits per heavy atom. The lowest BCUT2D eigenvalue weighted by atomic mass is 10.2. The highest BCUT2D eigenvalue weighted by Gasteiger charge is 2.04. The fourth-order valence-corrected chi connectivity index (χ4v) is 2.16. The SMILES string of the molecule is Cn1cccc1CC(=O)N/N=C\C(Br)=C\c1ccccc1. The summed E-state index contributed by atoms with van der Waals surface area (Å²) in [6.07, 6.45) is 5.70. The predicted octanol–water partition coefficient (Wildman–Crippen LogP) is 3.11. The van der Waals surface area contributed by atoms with E-state index in [4.69, 9.17) is 0 Å². The molecule has 0 aliphatic heterocycles. The van der Waals surface area contributed by atoms with Crippen LogP contribution < -0.4 is 5.43 Å². The lowest BCUT2D eigenvalue weighted by Crippen LogP contribution is -2.20. The minimum absolute atomic E-state index is 0.145. The normalized spacial score (nSPS) is 11.8. The number of aryl methyl sites for hydroxylation is 1. The molecule has 0 fully saturated rings. The first-order chi connectivity index (χ1) is 10.1. The maximum atomic E-state index is 11.7. The molecule has 1 aromatic heterocycles. The van der Waals surface area contributed by atoms with Crippen molar-refractivity contribution in [1.82, 2.24) is 9.99 Å². The molecule has 0 saturated heterocycles. The fraction of sp³-hybridized carbons (Fsp3) is 0.125. The average Bonchev–Trinajstić information content (AvgIpc) is 2.85. The summed E-state index contributed by atoms with van der Waals surface area (Å²) in [4.78, 5) is 11.7. The summed E-state index contributed by atoms with van der Waals surface area (Å²) >= 11 is 3.39. The summed E-state index contributed by atoms with van der Waals surface area (Å²) < 4.78 is 2.70. The number of allylic oxidation sites excluding steroid dienone is 1. The molecule has 5 heteroatoms. The molecule has 108 valence electrons. The molecule has 0 spiro atoms. The van der Waals surface area contributed by atoms with Crippen LogP contribution in [0.3, 0.4) is 0 Å². The topological polar surface area (TPSA) is 46.4 Å². The van der Waals surface area contributed by atoms with Crippen LogP contribution in [0.5, 0.6) is 0 Å². The molecule has 0 aliphatic carbocycles. The van der Waals surface area contributed by atoms with Crippen molar-refractivity contribution in [3.63, 3.8) is 0 Å². The summed E-state index contributed by atoms with van der Waals surface area (Å²) in [5, 5.41) is 3.93. The van der Waals surface area contributed by atoms with Gasteiger partial charge in [-0.1, -0.05) is 30.3 Å². The van der Waals surface area contributed by atoms with Crippen LogP contribution in [0.1, 0.15) is 11.3 Å². The zero-order chi connectivity index (χ0) is 15.1. The van der Waals surface area contributed by atoms with Gasteiger partial charge < -0.3 is 4.57 Å². The second-order valence-electron chi connectivity index (χ2n) is 4.52. The van der Waals surface area contributed by atoms with Gasteiger partial charge in [-0.25, -0.2) is 5.43 Å². The molecule has 0 bridgehead atoms. The van der Waals surface area contributed by atoms with E-state index in [0.29, 0.717) is 6.42 Å². The maximum absolute atomic E-state index is 11.7. The summed E-state index contributed by atoms with van der Waals surface area (Å²) in [6.45, 7) is 0. The van der Waals surface area contributed by atoms with Crippen LogP contribution >= 0.6 is 15.9 Å². The number of aromatic nitrogens is 1. The Balaban J connectivity index is 1.86. The van der Waals surface area contributed by atoms with Crippen LogP contribution in [0, 0.1) is 0 Å². The van der Waals surface area contributed by atoms with Gasteiger partial charge in [-0.3, -0.25) is 4.79 Å². The number of rotatable bonds is 5. The Labute approximate surface area is 132 Å². The van der Waals surface area contributed by atoms with Crippen LogP contribution in [0.4, 0.5) is 0 Å². The Hall–Kier alpha value is -2.14. The van der Waals surface area contributed by atoms with Crippen molar-refractivity contribution in [3.8, 4) is 0 Å². The van der Waals surface area contributed by atoms with Gasteiger partial charge in [0.1, 0.15) is 0 Å². The number of amides is 1. The molecule has 2 aromatic rings. The van der Waals surface area contributed by atoms with E-state index in [1.807, 2.05) is 66.4 Å². The minimum Gasteiger partial charge on any atom is -0.354 e. The number of nitrogens with zero attached hydrogens (tertiary/aromatic N) is 2. The second-order valence-corrected chi connectivity index (χ2v) is 5.44. The molecule has 1 N–H and O–H groups in total. The van der Waals surface area contributed by atoms with E-state index in [0.717, 1.165) is 15.7 Å². The Kier molecular flexibility index (Phi) is 5.51. The van der Waals surface area contributed by atoms with E-state index >= 15 is 0 Å². The fourth-order valence-electron chi connectivity index (χ4n) is 1.80. The molecule has 21 heavy (non-hydrogen) atoms. The van der Waals surface area contributed by atoms with Crippen molar-refractivity contribution in [3.05, 3.63) is 64.4 Å². The van der Waals surface area contributed by atoms with Crippen molar-refractivity contribution in [2.45, 2.75) is 6.42 Å². The van der Waals surface area contributed by atoms with Gasteiger partial charge in [-0.05, 0) is 39.7 Å². The molecular weight excluding hydrogens is 330 g/mol. The number of hydrogen-bond acceptors (Lipinski definition) is 2. The Morgan fingerprint density at radius 2 is 2.05 bits per heavy atom.